The molecule has 0 spiro atoms. The van der Waals surface area contributed by atoms with Gasteiger partial charge in [-0.25, -0.2) is 4.68 Å². The summed E-state index contributed by atoms with van der Waals surface area (Å²) >= 11 is 0. The maximum Gasteiger partial charge on any atom is 0.426 e. The van der Waals surface area contributed by atoms with Crippen LogP contribution in [0.2, 0.25) is 0 Å². The fraction of sp³-hybridized carbons (Fsp3) is 0.474. The number of hydrogen-bond acceptors (Lipinski definition) is 3. The molecule has 1 fully saturated rings. The van der Waals surface area contributed by atoms with Crippen LogP contribution in [-0.2, 0) is 11.0 Å². The quantitative estimate of drug-likeness (QED) is 0.744. The maximum atomic E-state index is 12.9. The van der Waals surface area contributed by atoms with Crippen molar-refractivity contribution in [3.8, 4) is 5.69 Å². The van der Waals surface area contributed by atoms with E-state index in [1.807, 2.05) is 0 Å². The summed E-state index contributed by atoms with van der Waals surface area (Å²) < 4.78 is 78.4. The normalized spacial score (nSPS) is 18.3. The molecule has 1 aromatic heterocycles. The summed E-state index contributed by atoms with van der Waals surface area (Å²) in [5.74, 6) is -1.56. The van der Waals surface area contributed by atoms with E-state index in [-0.39, 0.29) is 19.0 Å². The Labute approximate surface area is 167 Å². The molecule has 0 unspecified atom stereocenters. The highest BCUT2D eigenvalue weighted by Gasteiger charge is 2.57. The highest BCUT2D eigenvalue weighted by atomic mass is 19.4. The summed E-state index contributed by atoms with van der Waals surface area (Å²) in [6.45, 7) is 0.447. The molecular weight excluding hydrogens is 416 g/mol. The Hall–Kier alpha value is -2.56. The number of rotatable bonds is 3. The van der Waals surface area contributed by atoms with E-state index in [4.69, 9.17) is 0 Å². The molecule has 1 aromatic carbocycles. The van der Waals surface area contributed by atoms with Crippen LogP contribution in [0, 0.1) is 0 Å². The Kier molecular flexibility index (Phi) is 5.61. The lowest BCUT2D eigenvalue weighted by molar-refractivity contribution is -0.250. The van der Waals surface area contributed by atoms with Gasteiger partial charge >= 0.3 is 12.4 Å². The third kappa shape index (κ3) is 4.16. The molecule has 2 aromatic rings. The molecule has 1 saturated heterocycles. The number of carbonyl (C=O) groups is 1. The van der Waals surface area contributed by atoms with Crippen molar-refractivity contribution in [1.82, 2.24) is 14.7 Å². The van der Waals surface area contributed by atoms with Crippen molar-refractivity contribution >= 4 is 5.91 Å². The third-order valence-electron chi connectivity index (χ3n) is 5.28. The van der Waals surface area contributed by atoms with Gasteiger partial charge in [-0.15, -0.1) is 0 Å². The topological polar surface area (TPSA) is 58.4 Å². The summed E-state index contributed by atoms with van der Waals surface area (Å²) in [7, 11) is 0. The summed E-state index contributed by atoms with van der Waals surface area (Å²) in [6, 6.07) is 6.16. The highest BCUT2D eigenvalue weighted by molar-refractivity contribution is 5.85. The van der Waals surface area contributed by atoms with Gasteiger partial charge < -0.3 is 10.0 Å². The molecule has 11 heteroatoms. The second-order valence-electron chi connectivity index (χ2n) is 7.35. The first-order valence-electron chi connectivity index (χ1n) is 9.12. The minimum absolute atomic E-state index is 0.00786. The molecule has 3 rings (SSSR count). The number of piperidine rings is 1. The van der Waals surface area contributed by atoms with E-state index in [0.717, 1.165) is 17.0 Å². The van der Waals surface area contributed by atoms with Crippen molar-refractivity contribution < 1.29 is 36.2 Å². The molecule has 1 N–H and O–H groups in total. The van der Waals surface area contributed by atoms with Crippen LogP contribution in [-0.4, -0.2) is 50.6 Å². The number of aromatic nitrogens is 2. The average molecular weight is 435 g/mol. The van der Waals surface area contributed by atoms with Crippen molar-refractivity contribution in [2.45, 2.75) is 43.6 Å². The first-order valence-corrected chi connectivity index (χ1v) is 9.12. The van der Waals surface area contributed by atoms with Gasteiger partial charge in [0.2, 0.25) is 5.60 Å². The van der Waals surface area contributed by atoms with Crippen LogP contribution in [0.4, 0.5) is 26.3 Å². The van der Waals surface area contributed by atoms with Crippen LogP contribution in [0.15, 0.2) is 36.5 Å². The Morgan fingerprint density at radius 2 is 1.60 bits per heavy atom. The van der Waals surface area contributed by atoms with Crippen LogP contribution >= 0.6 is 0 Å². The fourth-order valence-corrected chi connectivity index (χ4v) is 3.44. The first kappa shape index (κ1) is 22.1. The summed E-state index contributed by atoms with van der Waals surface area (Å²) in [5.41, 5.74) is -3.14. The van der Waals surface area contributed by atoms with Crippen molar-refractivity contribution in [1.29, 1.82) is 0 Å². The van der Waals surface area contributed by atoms with Gasteiger partial charge in [-0.05, 0) is 50.1 Å². The fourth-order valence-electron chi connectivity index (χ4n) is 3.44. The molecule has 2 heterocycles. The SMILES string of the molecule is C[C@@](O)(C(=O)N1CCC(c2ccnn2-c2ccc(C(F)(F)F)cc2)CC1)C(F)(F)F. The Morgan fingerprint density at radius 3 is 2.10 bits per heavy atom. The van der Waals surface area contributed by atoms with Crippen LogP contribution < -0.4 is 0 Å². The molecule has 164 valence electrons. The van der Waals surface area contributed by atoms with E-state index in [0.29, 0.717) is 31.1 Å². The zero-order valence-electron chi connectivity index (χ0n) is 15.8. The molecule has 1 amide bonds. The minimum atomic E-state index is -5.08. The monoisotopic (exact) mass is 435 g/mol. The van der Waals surface area contributed by atoms with Gasteiger partial charge in [0.05, 0.1) is 11.3 Å². The van der Waals surface area contributed by atoms with Crippen molar-refractivity contribution in [3.63, 3.8) is 0 Å². The highest BCUT2D eigenvalue weighted by Crippen LogP contribution is 2.35. The van der Waals surface area contributed by atoms with Gasteiger partial charge in [-0.1, -0.05) is 0 Å². The number of aliphatic hydroxyl groups is 1. The van der Waals surface area contributed by atoms with Crippen molar-refractivity contribution in [2.75, 3.05) is 13.1 Å². The van der Waals surface area contributed by atoms with Gasteiger partial charge in [0.1, 0.15) is 0 Å². The largest absolute Gasteiger partial charge is 0.426 e. The molecule has 0 radical (unpaired) electrons. The molecule has 0 saturated carbocycles. The number of hydrogen-bond donors (Lipinski definition) is 1. The Morgan fingerprint density at radius 1 is 1.03 bits per heavy atom. The third-order valence-corrected chi connectivity index (χ3v) is 5.28. The molecule has 1 aliphatic rings. The van der Waals surface area contributed by atoms with E-state index < -0.39 is 29.4 Å². The maximum absolute atomic E-state index is 12.9. The standard InChI is InChI=1S/C19H19F6N3O2/c1-17(30,19(23,24)25)16(29)27-10-7-12(8-11-27)15-6-9-26-28(15)14-4-2-13(3-5-14)18(20,21)22/h2-6,9,12,30H,7-8,10-11H2,1H3/t17-/m1/s1. The summed E-state index contributed by atoms with van der Waals surface area (Å²) in [5, 5.41) is 13.7. The van der Waals surface area contributed by atoms with Gasteiger partial charge in [-0.2, -0.15) is 31.4 Å². The number of halogens is 6. The lowest BCUT2D eigenvalue weighted by Crippen LogP contribution is -2.57. The van der Waals surface area contributed by atoms with Gasteiger partial charge in [0.15, 0.2) is 0 Å². The van der Waals surface area contributed by atoms with Gasteiger partial charge in [0, 0.05) is 30.9 Å². The van der Waals surface area contributed by atoms with E-state index in [1.165, 1.54) is 23.0 Å². The van der Waals surface area contributed by atoms with Crippen LogP contribution in [0.1, 0.15) is 36.9 Å². The average Bonchev–Trinajstić information content (AvgIpc) is 3.16. The number of alkyl halides is 6. The lowest BCUT2D eigenvalue weighted by atomic mass is 9.92. The predicted molar refractivity (Wildman–Crippen MR) is 93.8 cm³/mol. The number of nitrogens with zero attached hydrogens (tertiary/aromatic N) is 3. The molecular formula is C19H19F6N3O2. The second kappa shape index (κ2) is 7.60. The van der Waals surface area contributed by atoms with Crippen molar-refractivity contribution in [3.05, 3.63) is 47.8 Å². The summed E-state index contributed by atoms with van der Waals surface area (Å²) in [6.07, 6.45) is -7.40. The molecule has 1 atom stereocenters. The van der Waals surface area contributed by atoms with E-state index in [9.17, 15) is 36.2 Å². The van der Waals surface area contributed by atoms with Crippen LogP contribution in [0.25, 0.3) is 5.69 Å². The number of benzene rings is 1. The zero-order valence-corrected chi connectivity index (χ0v) is 15.8. The lowest BCUT2D eigenvalue weighted by Gasteiger charge is -2.36. The zero-order chi connectivity index (χ0) is 22.3. The second-order valence-corrected chi connectivity index (χ2v) is 7.35. The summed E-state index contributed by atoms with van der Waals surface area (Å²) in [4.78, 5) is 13.1. The first-order chi connectivity index (χ1) is 13.8. The molecule has 0 bridgehead atoms. The molecule has 30 heavy (non-hydrogen) atoms. The number of amides is 1. The van der Waals surface area contributed by atoms with E-state index >= 15 is 0 Å². The van der Waals surface area contributed by atoms with E-state index in [2.05, 4.69) is 5.10 Å². The van der Waals surface area contributed by atoms with Crippen LogP contribution in [0.3, 0.4) is 0 Å². The Balaban J connectivity index is 1.72. The molecule has 1 aliphatic heterocycles. The predicted octanol–water partition coefficient (Wildman–Crippen LogP) is 3.91. The minimum Gasteiger partial charge on any atom is -0.373 e. The molecule has 0 aliphatic carbocycles. The number of likely N-dealkylation sites (tertiary alicyclic amines) is 1. The number of carbonyl (C=O) groups excluding carboxylic acids is 1. The van der Waals surface area contributed by atoms with Crippen LogP contribution in [0.5, 0.6) is 0 Å². The molecule has 5 nitrogen and oxygen atoms in total. The van der Waals surface area contributed by atoms with Gasteiger partial charge in [0.25, 0.3) is 5.91 Å². The van der Waals surface area contributed by atoms with E-state index in [1.54, 1.807) is 6.07 Å². The van der Waals surface area contributed by atoms with Gasteiger partial charge in [-0.3, -0.25) is 4.79 Å². The Bertz CT molecular complexity index is 894. The smallest absolute Gasteiger partial charge is 0.373 e. The van der Waals surface area contributed by atoms with Crippen molar-refractivity contribution in [2.24, 2.45) is 0 Å².